The van der Waals surface area contributed by atoms with Gasteiger partial charge in [0.05, 0.1) is 42.8 Å². The number of para-hydroxylation sites is 3. The SMILES string of the molecule is [2H]c1ccc(-c2ccc(-n3c4cc([2H])c([2H])c([2H])c4c4c([2H])c(-c5c([2H])c([2H])c6c(c5[2H])c5c([2H])cc([2H])cc5n6-c5ccccc5-c5ccccc5)c([2H])cc43)cc2)cc1. The molecule has 2 nitrogen and oxygen atoms in total. The van der Waals surface area contributed by atoms with E-state index in [4.69, 9.17) is 8.22 Å². The topological polar surface area (TPSA) is 9.86 Å². The first-order chi connectivity index (χ1) is 29.3. The van der Waals surface area contributed by atoms with E-state index in [1.54, 1.807) is 27.3 Å². The summed E-state index contributed by atoms with van der Waals surface area (Å²) in [6, 6.07) is 35.8. The lowest BCUT2D eigenvalue weighted by molar-refractivity contribution is 1.18. The van der Waals surface area contributed by atoms with E-state index in [0.717, 1.165) is 22.3 Å². The van der Waals surface area contributed by atoms with Crippen molar-refractivity contribution in [2.75, 3.05) is 0 Å². The lowest BCUT2D eigenvalue weighted by Crippen LogP contribution is -1.97. The quantitative estimate of drug-likeness (QED) is 0.176. The highest BCUT2D eigenvalue weighted by molar-refractivity contribution is 6.13. The van der Waals surface area contributed by atoms with Crippen LogP contribution in [0.15, 0.2) is 194 Å². The van der Waals surface area contributed by atoms with Gasteiger partial charge in [-0.05, 0) is 82.3 Å². The van der Waals surface area contributed by atoms with Crippen LogP contribution in [0.2, 0.25) is 0 Å². The van der Waals surface area contributed by atoms with Crippen LogP contribution in [0.5, 0.6) is 0 Å². The molecule has 0 saturated carbocycles. The van der Waals surface area contributed by atoms with Crippen molar-refractivity contribution in [1.29, 1.82) is 0 Å². The van der Waals surface area contributed by atoms with Crippen LogP contribution in [0.4, 0.5) is 0 Å². The maximum absolute atomic E-state index is 9.83. The maximum Gasteiger partial charge on any atom is 0.0645 e. The monoisotopic (exact) mass is 647 g/mol. The van der Waals surface area contributed by atoms with Crippen molar-refractivity contribution in [3.8, 4) is 44.8 Å². The highest BCUT2D eigenvalue weighted by Gasteiger charge is 2.17. The molecule has 2 heterocycles. The molecular weight excluding hydrogens is 605 g/mol. The molecule has 10 aromatic rings. The fraction of sp³-hybridized carbons (Fsp3) is 0. The zero-order valence-electron chi connectivity index (χ0n) is 37.5. The molecule has 8 aromatic carbocycles. The van der Waals surface area contributed by atoms with E-state index in [9.17, 15) is 6.85 Å². The number of fused-ring (bicyclic) bond motifs is 6. The average molecular weight is 648 g/mol. The van der Waals surface area contributed by atoms with Gasteiger partial charge >= 0.3 is 0 Å². The van der Waals surface area contributed by atoms with Gasteiger partial charge in [-0.25, -0.2) is 0 Å². The number of benzene rings is 8. The van der Waals surface area contributed by atoms with Gasteiger partial charge in [0.15, 0.2) is 0 Å². The lowest BCUT2D eigenvalue weighted by atomic mass is 10.0. The van der Waals surface area contributed by atoms with Gasteiger partial charge in [-0.15, -0.1) is 0 Å². The predicted molar refractivity (Wildman–Crippen MR) is 211 cm³/mol. The Bertz CT molecular complexity index is 3460. The van der Waals surface area contributed by atoms with E-state index in [1.165, 1.54) is 18.2 Å². The highest BCUT2D eigenvalue weighted by atomic mass is 15.0. The van der Waals surface area contributed by atoms with Gasteiger partial charge in [0.2, 0.25) is 0 Å². The Labute approximate surface area is 306 Å². The molecule has 0 saturated heterocycles. The second-order valence-corrected chi connectivity index (χ2v) is 12.1. The molecule has 0 aliphatic rings. The minimum atomic E-state index is -0.406. The maximum atomic E-state index is 9.83. The van der Waals surface area contributed by atoms with Crippen LogP contribution in [-0.2, 0) is 0 Å². The van der Waals surface area contributed by atoms with Gasteiger partial charge in [0.1, 0.15) is 0 Å². The van der Waals surface area contributed by atoms with E-state index >= 15 is 0 Å². The Hall–Kier alpha value is -6.64. The fourth-order valence-corrected chi connectivity index (χ4v) is 6.97. The molecule has 0 aliphatic carbocycles. The Balaban J connectivity index is 1.28. The summed E-state index contributed by atoms with van der Waals surface area (Å²) in [7, 11) is 0. The third kappa shape index (κ3) is 4.50. The summed E-state index contributed by atoms with van der Waals surface area (Å²) < 4.78 is 104. The van der Waals surface area contributed by atoms with Crippen molar-refractivity contribution in [2.24, 2.45) is 0 Å². The predicted octanol–water partition coefficient (Wildman–Crippen LogP) is 12.9. The standard InChI is InChI=1S/C48H32N2/c1-3-13-33(14-4-1)34-23-27-38(28-24-34)49-45-21-11-8-18-40(45)42-31-36(25-29-47(42)49)37-26-30-48-43(32-37)41-19-9-12-22-46(41)50(48)44-20-10-7-17-39(44)35-15-5-2-6-16-35/h1-32H/i1D,8D,11D,12D,18D,19D,25D,26D,30D,31D,32D. The smallest absolute Gasteiger partial charge is 0.0645 e. The first kappa shape index (κ1) is 19.4. The minimum absolute atomic E-state index is 0.0526. The van der Waals surface area contributed by atoms with Gasteiger partial charge in [-0.2, -0.15) is 0 Å². The van der Waals surface area contributed by atoms with E-state index < -0.39 is 6.04 Å². The summed E-state index contributed by atoms with van der Waals surface area (Å²) in [4.78, 5) is 0. The van der Waals surface area contributed by atoms with Crippen LogP contribution in [0.25, 0.3) is 88.4 Å². The Morgan fingerprint density at radius 2 is 1.00 bits per heavy atom. The first-order valence-electron chi connectivity index (χ1n) is 21.8. The van der Waals surface area contributed by atoms with Crippen molar-refractivity contribution in [1.82, 2.24) is 9.13 Å². The molecule has 50 heavy (non-hydrogen) atoms. The molecule has 0 radical (unpaired) electrons. The molecule has 0 amide bonds. The Morgan fingerprint density at radius 3 is 1.86 bits per heavy atom. The van der Waals surface area contributed by atoms with Crippen LogP contribution in [0, 0.1) is 0 Å². The third-order valence-corrected chi connectivity index (χ3v) is 9.26. The van der Waals surface area contributed by atoms with E-state index in [-0.39, 0.29) is 87.2 Å². The van der Waals surface area contributed by atoms with E-state index in [1.807, 2.05) is 91.0 Å². The molecular formula is C48H32N2. The van der Waals surface area contributed by atoms with Crippen LogP contribution in [0.1, 0.15) is 15.1 Å². The summed E-state index contributed by atoms with van der Waals surface area (Å²) in [6.45, 7) is 0. The summed E-state index contributed by atoms with van der Waals surface area (Å²) in [5, 5.41) is 0.859. The Morgan fingerprint density at radius 1 is 0.340 bits per heavy atom. The van der Waals surface area contributed by atoms with Crippen LogP contribution >= 0.6 is 0 Å². The number of aromatic nitrogens is 2. The molecule has 0 spiro atoms. The molecule has 2 aromatic heterocycles. The zero-order valence-corrected chi connectivity index (χ0v) is 26.5. The summed E-state index contributed by atoms with van der Waals surface area (Å²) in [6.07, 6.45) is 0. The van der Waals surface area contributed by atoms with Crippen molar-refractivity contribution in [2.45, 2.75) is 0 Å². The van der Waals surface area contributed by atoms with Crippen LogP contribution < -0.4 is 0 Å². The summed E-state index contributed by atoms with van der Waals surface area (Å²) >= 11 is 0. The molecule has 0 aliphatic heterocycles. The zero-order chi connectivity index (χ0) is 42.6. The van der Waals surface area contributed by atoms with Crippen LogP contribution in [0.3, 0.4) is 0 Å². The minimum Gasteiger partial charge on any atom is -0.309 e. The molecule has 2 heteroatoms. The fourth-order valence-electron chi connectivity index (χ4n) is 6.97. The van der Waals surface area contributed by atoms with Crippen molar-refractivity contribution >= 4 is 43.6 Å². The van der Waals surface area contributed by atoms with Gasteiger partial charge < -0.3 is 9.13 Å². The average Bonchev–Trinajstić information content (AvgIpc) is 3.77. The van der Waals surface area contributed by atoms with Crippen LogP contribution in [-0.4, -0.2) is 9.13 Å². The lowest BCUT2D eigenvalue weighted by Gasteiger charge is -2.14. The van der Waals surface area contributed by atoms with Gasteiger partial charge in [-0.1, -0.05) is 139 Å². The molecule has 0 unspecified atom stereocenters. The van der Waals surface area contributed by atoms with Crippen molar-refractivity contribution in [3.63, 3.8) is 0 Å². The second-order valence-electron chi connectivity index (χ2n) is 12.1. The molecule has 0 N–H and O–H groups in total. The second kappa shape index (κ2) is 11.5. The van der Waals surface area contributed by atoms with Crippen molar-refractivity contribution in [3.05, 3.63) is 194 Å². The van der Waals surface area contributed by atoms with E-state index in [0.29, 0.717) is 39.4 Å². The highest BCUT2D eigenvalue weighted by Crippen LogP contribution is 2.40. The largest absolute Gasteiger partial charge is 0.309 e. The molecule has 234 valence electrons. The molecule has 0 bridgehead atoms. The molecule has 0 atom stereocenters. The molecule has 0 fully saturated rings. The number of hydrogen-bond donors (Lipinski definition) is 0. The third-order valence-electron chi connectivity index (χ3n) is 9.26. The van der Waals surface area contributed by atoms with E-state index in [2.05, 4.69) is 0 Å². The summed E-state index contributed by atoms with van der Waals surface area (Å²) in [5.41, 5.74) is 5.74. The van der Waals surface area contributed by atoms with Gasteiger partial charge in [-0.3, -0.25) is 0 Å². The Kier molecular flexibility index (Phi) is 4.46. The summed E-state index contributed by atoms with van der Waals surface area (Å²) in [5.74, 6) is 0. The van der Waals surface area contributed by atoms with Gasteiger partial charge in [0.25, 0.3) is 0 Å². The number of hydrogen-bond acceptors (Lipinski definition) is 0. The molecule has 10 rings (SSSR count). The van der Waals surface area contributed by atoms with Gasteiger partial charge in [0, 0.05) is 32.8 Å². The van der Waals surface area contributed by atoms with Crippen molar-refractivity contribution < 1.29 is 15.1 Å². The normalized spacial score (nSPS) is 14.7. The number of nitrogens with zero attached hydrogens (tertiary/aromatic N) is 2. The first-order valence-corrected chi connectivity index (χ1v) is 16.3. The number of rotatable bonds is 5.